The molecule has 1 fully saturated rings. The van der Waals surface area contributed by atoms with Crippen molar-refractivity contribution in [2.45, 2.75) is 26.6 Å². The molecule has 9 heteroatoms. The van der Waals surface area contributed by atoms with Crippen molar-refractivity contribution in [1.82, 2.24) is 20.0 Å². The number of aromatic nitrogens is 2. The quantitative estimate of drug-likeness (QED) is 0.440. The molecule has 0 unspecified atom stereocenters. The van der Waals surface area contributed by atoms with Gasteiger partial charge in [-0.3, -0.25) is 14.4 Å². The Morgan fingerprint density at radius 3 is 2.80 bits per heavy atom. The van der Waals surface area contributed by atoms with E-state index in [1.54, 1.807) is 53.4 Å². The molecule has 154 valence electrons. The summed E-state index contributed by atoms with van der Waals surface area (Å²) < 4.78 is 13.2. The molecular weight excluding hydrogens is 424 g/mol. The standard InChI is InChI=1S/C21H19ClN4O3S/c1-2-25-11-14(10-23-25)12-26-20(27)19(24-21(26)30)9-17-7-8-18(29-17)13-28-16-5-3-15(22)4-6-16/h3-11H,2,12-13H2,1H3,(H,24,30). The van der Waals surface area contributed by atoms with Crippen LogP contribution in [0.2, 0.25) is 5.02 Å². The Bertz CT molecular complexity index is 1100. The molecule has 0 bridgehead atoms. The number of carbonyl (C=O) groups is 1. The van der Waals surface area contributed by atoms with E-state index in [0.717, 1.165) is 12.1 Å². The predicted molar refractivity (Wildman–Crippen MR) is 117 cm³/mol. The minimum atomic E-state index is -0.209. The number of hydrogen-bond acceptors (Lipinski definition) is 5. The molecule has 0 atom stereocenters. The molecule has 1 aliphatic heterocycles. The van der Waals surface area contributed by atoms with Gasteiger partial charge < -0.3 is 14.5 Å². The minimum Gasteiger partial charge on any atom is -0.486 e. The number of hydrogen-bond donors (Lipinski definition) is 1. The van der Waals surface area contributed by atoms with Gasteiger partial charge in [-0.2, -0.15) is 5.10 Å². The van der Waals surface area contributed by atoms with Crippen LogP contribution in [0.3, 0.4) is 0 Å². The van der Waals surface area contributed by atoms with Crippen LogP contribution in [-0.4, -0.2) is 25.7 Å². The zero-order chi connectivity index (χ0) is 21.1. The van der Waals surface area contributed by atoms with Gasteiger partial charge >= 0.3 is 0 Å². The van der Waals surface area contributed by atoms with Crippen molar-refractivity contribution in [1.29, 1.82) is 0 Å². The first-order valence-electron chi connectivity index (χ1n) is 9.35. The topological polar surface area (TPSA) is 72.5 Å². The number of ether oxygens (including phenoxy) is 1. The van der Waals surface area contributed by atoms with E-state index in [0.29, 0.717) is 39.6 Å². The van der Waals surface area contributed by atoms with E-state index in [4.69, 9.17) is 33.0 Å². The van der Waals surface area contributed by atoms with Crippen molar-refractivity contribution in [3.63, 3.8) is 0 Å². The Morgan fingerprint density at radius 2 is 2.07 bits per heavy atom. The molecule has 0 spiro atoms. The summed E-state index contributed by atoms with van der Waals surface area (Å²) in [6.45, 7) is 3.39. The summed E-state index contributed by atoms with van der Waals surface area (Å²) in [5.74, 6) is 1.65. The Hall–Kier alpha value is -3.10. The molecule has 1 N–H and O–H groups in total. The number of aryl methyl sites for hydroxylation is 1. The summed E-state index contributed by atoms with van der Waals surface area (Å²) >= 11 is 11.2. The fraction of sp³-hybridized carbons (Fsp3) is 0.190. The van der Waals surface area contributed by atoms with Gasteiger partial charge in [-0.05, 0) is 55.5 Å². The van der Waals surface area contributed by atoms with Crippen LogP contribution < -0.4 is 10.1 Å². The maximum atomic E-state index is 12.7. The average molecular weight is 443 g/mol. The van der Waals surface area contributed by atoms with Crippen molar-refractivity contribution >= 4 is 40.9 Å². The van der Waals surface area contributed by atoms with E-state index in [1.807, 2.05) is 13.1 Å². The molecule has 30 heavy (non-hydrogen) atoms. The first-order valence-corrected chi connectivity index (χ1v) is 10.1. The number of amides is 1. The number of halogens is 1. The summed E-state index contributed by atoms with van der Waals surface area (Å²) in [6, 6.07) is 10.7. The number of rotatable bonds is 7. The SMILES string of the molecule is CCn1cc(CN2C(=O)C(=Cc3ccc(COc4ccc(Cl)cc4)o3)NC2=S)cn1. The van der Waals surface area contributed by atoms with E-state index in [2.05, 4.69) is 10.4 Å². The van der Waals surface area contributed by atoms with Gasteiger partial charge in [0.1, 0.15) is 29.6 Å². The van der Waals surface area contributed by atoms with Gasteiger partial charge in [0.2, 0.25) is 0 Å². The zero-order valence-corrected chi connectivity index (χ0v) is 17.7. The second-order valence-electron chi connectivity index (χ2n) is 6.63. The monoisotopic (exact) mass is 442 g/mol. The Labute approximate surface area is 183 Å². The fourth-order valence-electron chi connectivity index (χ4n) is 2.94. The molecule has 2 aromatic heterocycles. The van der Waals surface area contributed by atoms with E-state index < -0.39 is 0 Å². The fourth-order valence-corrected chi connectivity index (χ4v) is 3.32. The van der Waals surface area contributed by atoms with Crippen LogP contribution in [0, 0.1) is 0 Å². The van der Waals surface area contributed by atoms with Crippen molar-refractivity contribution in [3.8, 4) is 5.75 Å². The third kappa shape index (κ3) is 4.55. The molecule has 0 saturated carbocycles. The lowest BCUT2D eigenvalue weighted by molar-refractivity contribution is -0.122. The van der Waals surface area contributed by atoms with Crippen molar-refractivity contribution in [2.75, 3.05) is 0 Å². The second kappa shape index (κ2) is 8.73. The summed E-state index contributed by atoms with van der Waals surface area (Å²) in [6.07, 6.45) is 5.27. The van der Waals surface area contributed by atoms with Gasteiger partial charge in [0.15, 0.2) is 5.11 Å². The van der Waals surface area contributed by atoms with Gasteiger partial charge in [-0.1, -0.05) is 11.6 Å². The molecule has 1 aromatic carbocycles. The van der Waals surface area contributed by atoms with Crippen LogP contribution in [0.15, 0.2) is 58.9 Å². The molecule has 7 nitrogen and oxygen atoms in total. The lowest BCUT2D eigenvalue weighted by Crippen LogP contribution is -2.29. The Kier molecular flexibility index (Phi) is 5.87. The maximum absolute atomic E-state index is 12.7. The Balaban J connectivity index is 1.40. The van der Waals surface area contributed by atoms with Crippen LogP contribution >= 0.6 is 23.8 Å². The summed E-state index contributed by atoms with van der Waals surface area (Å²) in [4.78, 5) is 14.3. The van der Waals surface area contributed by atoms with Gasteiger partial charge in [0, 0.05) is 29.4 Å². The van der Waals surface area contributed by atoms with E-state index >= 15 is 0 Å². The zero-order valence-electron chi connectivity index (χ0n) is 16.2. The molecular formula is C21H19ClN4O3S. The summed E-state index contributed by atoms with van der Waals surface area (Å²) in [5, 5.41) is 8.18. The smallest absolute Gasteiger partial charge is 0.276 e. The highest BCUT2D eigenvalue weighted by Crippen LogP contribution is 2.20. The van der Waals surface area contributed by atoms with Gasteiger partial charge in [-0.15, -0.1) is 0 Å². The molecule has 1 amide bonds. The molecule has 4 rings (SSSR count). The van der Waals surface area contributed by atoms with Crippen molar-refractivity contribution < 1.29 is 13.9 Å². The van der Waals surface area contributed by atoms with Crippen LogP contribution in [-0.2, 0) is 24.5 Å². The normalized spacial score (nSPS) is 15.1. The number of benzene rings is 1. The number of nitrogens with zero attached hydrogens (tertiary/aromatic N) is 3. The maximum Gasteiger partial charge on any atom is 0.276 e. The van der Waals surface area contributed by atoms with Gasteiger partial charge in [-0.25, -0.2) is 0 Å². The van der Waals surface area contributed by atoms with E-state index in [-0.39, 0.29) is 12.5 Å². The van der Waals surface area contributed by atoms with Gasteiger partial charge in [0.05, 0.1) is 12.7 Å². The van der Waals surface area contributed by atoms with Crippen molar-refractivity contribution in [2.24, 2.45) is 0 Å². The van der Waals surface area contributed by atoms with E-state index in [1.165, 1.54) is 4.90 Å². The third-order valence-corrected chi connectivity index (χ3v) is 5.05. The van der Waals surface area contributed by atoms with Crippen LogP contribution in [0.1, 0.15) is 24.0 Å². The number of nitrogens with one attached hydrogen (secondary N) is 1. The second-order valence-corrected chi connectivity index (χ2v) is 7.45. The highest BCUT2D eigenvalue weighted by atomic mass is 35.5. The minimum absolute atomic E-state index is 0.209. The average Bonchev–Trinajstić information content (AvgIpc) is 3.45. The first kappa shape index (κ1) is 20.2. The third-order valence-electron chi connectivity index (χ3n) is 4.48. The number of furan rings is 1. The summed E-state index contributed by atoms with van der Waals surface area (Å²) in [5.41, 5.74) is 1.28. The largest absolute Gasteiger partial charge is 0.486 e. The van der Waals surface area contributed by atoms with Gasteiger partial charge in [0.25, 0.3) is 5.91 Å². The van der Waals surface area contributed by atoms with Crippen LogP contribution in [0.25, 0.3) is 6.08 Å². The molecule has 1 aliphatic rings. The predicted octanol–water partition coefficient (Wildman–Crippen LogP) is 3.99. The number of thiocarbonyl (C=S) groups is 1. The number of carbonyl (C=O) groups excluding carboxylic acids is 1. The van der Waals surface area contributed by atoms with Crippen LogP contribution in [0.4, 0.5) is 0 Å². The molecule has 3 heterocycles. The first-order chi connectivity index (χ1) is 14.5. The highest BCUT2D eigenvalue weighted by Gasteiger charge is 2.31. The van der Waals surface area contributed by atoms with Crippen molar-refractivity contribution in [3.05, 3.63) is 76.6 Å². The Morgan fingerprint density at radius 1 is 1.27 bits per heavy atom. The molecule has 0 radical (unpaired) electrons. The summed E-state index contributed by atoms with van der Waals surface area (Å²) in [7, 11) is 0. The molecule has 0 aliphatic carbocycles. The lowest BCUT2D eigenvalue weighted by atomic mass is 10.3. The lowest BCUT2D eigenvalue weighted by Gasteiger charge is -2.12. The highest BCUT2D eigenvalue weighted by molar-refractivity contribution is 7.80. The van der Waals surface area contributed by atoms with E-state index in [9.17, 15) is 4.79 Å². The molecule has 1 saturated heterocycles. The van der Waals surface area contributed by atoms with Crippen LogP contribution in [0.5, 0.6) is 5.75 Å². The molecule has 3 aromatic rings.